The summed E-state index contributed by atoms with van der Waals surface area (Å²) >= 11 is 0. The van der Waals surface area contributed by atoms with E-state index < -0.39 is 0 Å². The van der Waals surface area contributed by atoms with Gasteiger partial charge in [0.1, 0.15) is 17.8 Å². The molecule has 1 fully saturated rings. The van der Waals surface area contributed by atoms with Gasteiger partial charge in [-0.2, -0.15) is 4.98 Å². The van der Waals surface area contributed by atoms with Gasteiger partial charge in [0.25, 0.3) is 11.8 Å². The van der Waals surface area contributed by atoms with E-state index in [1.165, 1.54) is 12.8 Å². The highest BCUT2D eigenvalue weighted by Gasteiger charge is 2.22. The van der Waals surface area contributed by atoms with Gasteiger partial charge in [0, 0.05) is 23.9 Å². The molecule has 4 rings (SSSR count). The van der Waals surface area contributed by atoms with Gasteiger partial charge < -0.3 is 9.84 Å². The normalized spacial score (nSPS) is 15.1. The number of nitrogens with one attached hydrogen (secondary N) is 1. The highest BCUT2D eigenvalue weighted by atomic mass is 16.5. The Bertz CT molecular complexity index is 961. The molecule has 28 heavy (non-hydrogen) atoms. The molecule has 0 unspecified atom stereocenters. The number of imidazole rings is 1. The molecule has 3 aromatic rings. The van der Waals surface area contributed by atoms with Crippen LogP contribution in [0.4, 0.5) is 0 Å². The largest absolute Gasteiger partial charge is 0.348 e. The predicted octanol–water partition coefficient (Wildman–Crippen LogP) is 3.29. The van der Waals surface area contributed by atoms with Gasteiger partial charge in [-0.15, -0.1) is 0 Å². The number of rotatable bonds is 4. The molecular weight excluding hydrogens is 356 g/mol. The number of nitrogens with zero attached hydrogens (tertiary/aromatic N) is 5. The zero-order chi connectivity index (χ0) is 19.7. The van der Waals surface area contributed by atoms with Crippen molar-refractivity contribution in [1.29, 1.82) is 0 Å². The summed E-state index contributed by atoms with van der Waals surface area (Å²) in [7, 11) is 0. The summed E-state index contributed by atoms with van der Waals surface area (Å²) in [6.45, 7) is 6.09. The Morgan fingerprint density at radius 3 is 2.64 bits per heavy atom. The molecule has 0 bridgehead atoms. The van der Waals surface area contributed by atoms with E-state index in [0.29, 0.717) is 23.2 Å². The van der Waals surface area contributed by atoms with Crippen molar-refractivity contribution in [2.75, 3.05) is 0 Å². The van der Waals surface area contributed by atoms with Gasteiger partial charge >= 0.3 is 0 Å². The Hall–Kier alpha value is -3.03. The SMILES string of the molecule is CC(C)(C)c1noc(-c2ccc(-n3cnc(C(=O)NC4CCCC4)c3)nc2)n1. The van der Waals surface area contributed by atoms with Gasteiger partial charge in [0.2, 0.25) is 0 Å². The van der Waals surface area contributed by atoms with Crippen LogP contribution in [0.1, 0.15) is 62.8 Å². The van der Waals surface area contributed by atoms with Gasteiger partial charge in [0.05, 0.1) is 5.56 Å². The number of amides is 1. The second-order valence-corrected chi connectivity index (χ2v) is 8.20. The van der Waals surface area contributed by atoms with E-state index in [-0.39, 0.29) is 17.4 Å². The van der Waals surface area contributed by atoms with Crippen molar-refractivity contribution < 1.29 is 9.32 Å². The fourth-order valence-corrected chi connectivity index (χ4v) is 3.21. The molecule has 146 valence electrons. The molecule has 8 heteroatoms. The lowest BCUT2D eigenvalue weighted by molar-refractivity contribution is 0.0933. The summed E-state index contributed by atoms with van der Waals surface area (Å²) in [4.78, 5) is 25.4. The number of hydrogen-bond donors (Lipinski definition) is 1. The minimum Gasteiger partial charge on any atom is -0.348 e. The molecule has 0 spiro atoms. The van der Waals surface area contributed by atoms with E-state index in [1.54, 1.807) is 23.3 Å². The van der Waals surface area contributed by atoms with Crippen LogP contribution >= 0.6 is 0 Å². The molecule has 0 aromatic carbocycles. The second kappa shape index (κ2) is 7.18. The number of carbonyl (C=O) groups excluding carboxylic acids is 1. The minimum absolute atomic E-state index is 0.136. The Morgan fingerprint density at radius 2 is 2.00 bits per heavy atom. The van der Waals surface area contributed by atoms with Gasteiger partial charge in [0.15, 0.2) is 5.82 Å². The van der Waals surface area contributed by atoms with E-state index in [9.17, 15) is 4.79 Å². The molecule has 1 saturated carbocycles. The minimum atomic E-state index is -0.179. The van der Waals surface area contributed by atoms with Crippen LogP contribution < -0.4 is 5.32 Å². The van der Waals surface area contributed by atoms with Crippen LogP contribution in [0.2, 0.25) is 0 Å². The maximum absolute atomic E-state index is 12.3. The van der Waals surface area contributed by atoms with Crippen molar-refractivity contribution in [2.45, 2.75) is 57.9 Å². The third-order valence-corrected chi connectivity index (χ3v) is 4.86. The topological polar surface area (TPSA) is 98.7 Å². The zero-order valence-corrected chi connectivity index (χ0v) is 16.3. The average Bonchev–Trinajstić information content (AvgIpc) is 3.42. The number of pyridine rings is 1. The molecule has 1 aliphatic carbocycles. The quantitative estimate of drug-likeness (QED) is 0.746. The molecule has 1 amide bonds. The Balaban J connectivity index is 1.47. The molecule has 1 N–H and O–H groups in total. The summed E-state index contributed by atoms with van der Waals surface area (Å²) in [5.74, 6) is 1.61. The monoisotopic (exact) mass is 380 g/mol. The van der Waals surface area contributed by atoms with Crippen molar-refractivity contribution >= 4 is 5.91 Å². The zero-order valence-electron chi connectivity index (χ0n) is 16.3. The summed E-state index contributed by atoms with van der Waals surface area (Å²) in [5, 5.41) is 7.08. The van der Waals surface area contributed by atoms with Crippen LogP contribution in [0.3, 0.4) is 0 Å². The standard InChI is InChI=1S/C20H24N6O2/c1-20(2,3)19-24-18(28-25-19)13-8-9-16(21-10-13)26-11-15(22-12-26)17(27)23-14-6-4-5-7-14/h8-12,14H,4-7H2,1-3H3,(H,23,27). The first-order valence-electron chi connectivity index (χ1n) is 9.56. The van der Waals surface area contributed by atoms with Crippen molar-refractivity contribution in [2.24, 2.45) is 0 Å². The predicted molar refractivity (Wildman–Crippen MR) is 103 cm³/mol. The van der Waals surface area contributed by atoms with E-state index in [2.05, 4.69) is 25.4 Å². The van der Waals surface area contributed by atoms with Crippen LogP contribution in [-0.2, 0) is 5.41 Å². The number of aromatic nitrogens is 5. The summed E-state index contributed by atoms with van der Waals surface area (Å²) < 4.78 is 7.07. The molecule has 0 aliphatic heterocycles. The van der Waals surface area contributed by atoms with Gasteiger partial charge in [-0.1, -0.05) is 38.8 Å². The Morgan fingerprint density at radius 1 is 1.21 bits per heavy atom. The Labute approximate surface area is 163 Å². The molecule has 1 aliphatic rings. The van der Waals surface area contributed by atoms with Crippen LogP contribution in [0.5, 0.6) is 0 Å². The third-order valence-electron chi connectivity index (χ3n) is 4.86. The van der Waals surface area contributed by atoms with Crippen LogP contribution in [0.25, 0.3) is 17.3 Å². The lowest BCUT2D eigenvalue weighted by Crippen LogP contribution is -2.32. The maximum atomic E-state index is 12.3. The molecular formula is C20H24N6O2. The first-order valence-corrected chi connectivity index (χ1v) is 9.56. The van der Waals surface area contributed by atoms with E-state index in [1.807, 2.05) is 32.9 Å². The van der Waals surface area contributed by atoms with Crippen molar-refractivity contribution in [3.8, 4) is 17.3 Å². The van der Waals surface area contributed by atoms with Crippen LogP contribution in [-0.4, -0.2) is 36.6 Å². The maximum Gasteiger partial charge on any atom is 0.271 e. The van der Waals surface area contributed by atoms with E-state index in [0.717, 1.165) is 18.4 Å². The molecule has 3 aromatic heterocycles. The van der Waals surface area contributed by atoms with Crippen LogP contribution in [0, 0.1) is 0 Å². The van der Waals surface area contributed by atoms with Crippen molar-refractivity contribution in [3.05, 3.63) is 42.4 Å². The fourth-order valence-electron chi connectivity index (χ4n) is 3.21. The Kier molecular flexibility index (Phi) is 4.70. The second-order valence-electron chi connectivity index (χ2n) is 8.20. The fraction of sp³-hybridized carbons (Fsp3) is 0.450. The lowest BCUT2D eigenvalue weighted by atomic mass is 9.96. The van der Waals surface area contributed by atoms with Gasteiger partial charge in [-0.25, -0.2) is 9.97 Å². The molecule has 0 saturated heterocycles. The third kappa shape index (κ3) is 3.81. The smallest absolute Gasteiger partial charge is 0.271 e. The van der Waals surface area contributed by atoms with E-state index >= 15 is 0 Å². The number of carbonyl (C=O) groups is 1. The molecule has 0 radical (unpaired) electrons. The average molecular weight is 380 g/mol. The van der Waals surface area contributed by atoms with Crippen LogP contribution in [0.15, 0.2) is 35.4 Å². The first kappa shape index (κ1) is 18.3. The van der Waals surface area contributed by atoms with Gasteiger partial charge in [-0.05, 0) is 25.0 Å². The highest BCUT2D eigenvalue weighted by Crippen LogP contribution is 2.23. The summed E-state index contributed by atoms with van der Waals surface area (Å²) in [6.07, 6.45) is 9.39. The van der Waals surface area contributed by atoms with Crippen molar-refractivity contribution in [3.63, 3.8) is 0 Å². The van der Waals surface area contributed by atoms with Gasteiger partial charge in [-0.3, -0.25) is 9.36 Å². The highest BCUT2D eigenvalue weighted by molar-refractivity contribution is 5.92. The van der Waals surface area contributed by atoms with Crippen molar-refractivity contribution in [1.82, 2.24) is 30.0 Å². The van der Waals surface area contributed by atoms with E-state index in [4.69, 9.17) is 4.52 Å². The first-order chi connectivity index (χ1) is 13.4. The molecule has 0 atom stereocenters. The lowest BCUT2D eigenvalue weighted by Gasteiger charge is -2.10. The summed E-state index contributed by atoms with van der Waals surface area (Å²) in [5.41, 5.74) is 0.956. The summed E-state index contributed by atoms with van der Waals surface area (Å²) in [6, 6.07) is 3.96. The number of hydrogen-bond acceptors (Lipinski definition) is 6. The molecule has 8 nitrogen and oxygen atoms in total. The molecule has 3 heterocycles.